The fourth-order valence-electron chi connectivity index (χ4n) is 3.48. The molecule has 0 unspecified atom stereocenters. The highest BCUT2D eigenvalue weighted by atomic mass is 35.5. The molecule has 8 nitrogen and oxygen atoms in total. The summed E-state index contributed by atoms with van der Waals surface area (Å²) in [6.45, 7) is 4.57. The highest BCUT2D eigenvalue weighted by molar-refractivity contribution is 6.30. The maximum Gasteiger partial charge on any atom is 0.332 e. The average molecular weight is 454 g/mol. The van der Waals surface area contributed by atoms with E-state index in [-0.39, 0.29) is 17.2 Å². The summed E-state index contributed by atoms with van der Waals surface area (Å²) in [6, 6.07) is 11.2. The molecular weight excluding hydrogens is 430 g/mol. The van der Waals surface area contributed by atoms with Crippen molar-refractivity contribution in [1.29, 1.82) is 0 Å². The van der Waals surface area contributed by atoms with Gasteiger partial charge in [-0.2, -0.15) is 4.98 Å². The Balaban J connectivity index is 1.92. The Labute approximate surface area is 189 Å². The van der Waals surface area contributed by atoms with Gasteiger partial charge < -0.3 is 4.74 Å². The number of rotatable bonds is 7. The first-order chi connectivity index (χ1) is 15.4. The van der Waals surface area contributed by atoms with Crippen LogP contribution in [0.15, 0.2) is 52.2 Å². The zero-order valence-corrected chi connectivity index (χ0v) is 19.0. The molecule has 0 N–H and O–H groups in total. The normalized spacial score (nSPS) is 11.2. The molecule has 32 heavy (non-hydrogen) atoms. The molecule has 0 atom stereocenters. The number of hydrogen-bond donors (Lipinski definition) is 0. The second kappa shape index (κ2) is 9.00. The van der Waals surface area contributed by atoms with Crippen molar-refractivity contribution in [2.45, 2.75) is 39.8 Å². The minimum Gasteiger partial charge on any atom is -0.424 e. The smallest absolute Gasteiger partial charge is 0.332 e. The minimum atomic E-state index is -0.393. The lowest BCUT2D eigenvalue weighted by Crippen LogP contribution is -2.39. The van der Waals surface area contributed by atoms with Crippen LogP contribution in [-0.4, -0.2) is 23.7 Å². The van der Waals surface area contributed by atoms with Gasteiger partial charge in [-0.3, -0.25) is 23.5 Å². The summed E-state index contributed by atoms with van der Waals surface area (Å²) in [6.07, 6.45) is 3.19. The molecule has 9 heteroatoms. The molecule has 0 fully saturated rings. The number of pyridine rings is 1. The van der Waals surface area contributed by atoms with Gasteiger partial charge in [0.25, 0.3) is 5.56 Å². The van der Waals surface area contributed by atoms with Gasteiger partial charge in [-0.25, -0.2) is 4.79 Å². The summed E-state index contributed by atoms with van der Waals surface area (Å²) in [5, 5.41) is 0.621. The molecule has 0 amide bonds. The van der Waals surface area contributed by atoms with Gasteiger partial charge in [-0.15, -0.1) is 0 Å². The third-order valence-corrected chi connectivity index (χ3v) is 5.53. The van der Waals surface area contributed by atoms with Crippen molar-refractivity contribution in [3.05, 3.63) is 79.7 Å². The molecule has 0 spiro atoms. The van der Waals surface area contributed by atoms with Crippen molar-refractivity contribution < 1.29 is 4.74 Å². The number of ether oxygens (including phenoxy) is 1. The van der Waals surface area contributed by atoms with Crippen molar-refractivity contribution in [2.24, 2.45) is 7.05 Å². The Morgan fingerprint density at radius 2 is 1.81 bits per heavy atom. The van der Waals surface area contributed by atoms with E-state index >= 15 is 0 Å². The van der Waals surface area contributed by atoms with E-state index in [1.807, 2.05) is 32.0 Å². The van der Waals surface area contributed by atoms with Crippen LogP contribution in [0.1, 0.15) is 31.0 Å². The Hall–Kier alpha value is -3.39. The second-order valence-corrected chi connectivity index (χ2v) is 8.10. The van der Waals surface area contributed by atoms with Gasteiger partial charge in [0.15, 0.2) is 11.2 Å². The number of fused-ring (bicyclic) bond motifs is 1. The van der Waals surface area contributed by atoms with Crippen molar-refractivity contribution in [3.63, 3.8) is 0 Å². The van der Waals surface area contributed by atoms with Crippen LogP contribution in [-0.2, 0) is 20.1 Å². The van der Waals surface area contributed by atoms with E-state index in [1.54, 1.807) is 36.0 Å². The first-order valence-corrected chi connectivity index (χ1v) is 10.8. The first-order valence-electron chi connectivity index (χ1n) is 10.4. The van der Waals surface area contributed by atoms with E-state index in [0.29, 0.717) is 29.4 Å². The molecule has 0 aliphatic heterocycles. The van der Waals surface area contributed by atoms with Crippen molar-refractivity contribution in [1.82, 2.24) is 23.7 Å². The average Bonchev–Trinajstić information content (AvgIpc) is 3.13. The van der Waals surface area contributed by atoms with E-state index < -0.39 is 5.69 Å². The first kappa shape index (κ1) is 21.8. The SMILES string of the molecule is CCCCn1c(=O)c2c(nc(Oc3ccc(C)nc3)n2Cc2ccc(Cl)cc2)n(C)c1=O. The van der Waals surface area contributed by atoms with E-state index in [4.69, 9.17) is 16.3 Å². The number of benzene rings is 1. The van der Waals surface area contributed by atoms with Crippen molar-refractivity contribution in [3.8, 4) is 11.8 Å². The Kier molecular flexibility index (Phi) is 6.14. The van der Waals surface area contributed by atoms with Crippen LogP contribution < -0.4 is 16.0 Å². The molecule has 0 radical (unpaired) electrons. The minimum absolute atomic E-state index is 0.209. The molecule has 0 aliphatic carbocycles. The van der Waals surface area contributed by atoms with Gasteiger partial charge in [-0.05, 0) is 43.2 Å². The standard InChI is InChI=1S/C23H24ClN5O3/c1-4-5-12-28-21(30)19-20(27(3)23(28)31)26-22(32-18-11-6-15(2)25-13-18)29(19)14-16-7-9-17(24)10-8-16/h6-11,13H,4-5,12,14H2,1-3H3. The third-order valence-electron chi connectivity index (χ3n) is 5.28. The second-order valence-electron chi connectivity index (χ2n) is 7.67. The fraction of sp³-hybridized carbons (Fsp3) is 0.304. The number of imidazole rings is 1. The Morgan fingerprint density at radius 1 is 1.06 bits per heavy atom. The van der Waals surface area contributed by atoms with Crippen LogP contribution in [0.2, 0.25) is 5.02 Å². The quantitative estimate of drug-likeness (QED) is 0.424. The number of unbranched alkanes of at least 4 members (excludes halogenated alkanes) is 1. The highest BCUT2D eigenvalue weighted by Crippen LogP contribution is 2.25. The fourth-order valence-corrected chi connectivity index (χ4v) is 3.61. The van der Waals surface area contributed by atoms with Gasteiger partial charge in [0.2, 0.25) is 0 Å². The zero-order valence-electron chi connectivity index (χ0n) is 18.2. The third kappa shape index (κ3) is 4.18. The summed E-state index contributed by atoms with van der Waals surface area (Å²) in [5.74, 6) is 0.486. The lowest BCUT2D eigenvalue weighted by atomic mass is 10.2. The van der Waals surface area contributed by atoms with Gasteiger partial charge in [0.1, 0.15) is 5.75 Å². The maximum absolute atomic E-state index is 13.4. The number of aryl methyl sites for hydroxylation is 2. The molecule has 3 heterocycles. The van der Waals surface area contributed by atoms with Crippen LogP contribution in [0.4, 0.5) is 0 Å². The zero-order chi connectivity index (χ0) is 22.8. The molecule has 3 aromatic heterocycles. The largest absolute Gasteiger partial charge is 0.424 e. The van der Waals surface area contributed by atoms with E-state index in [0.717, 1.165) is 24.1 Å². The van der Waals surface area contributed by atoms with Crippen LogP contribution in [0.25, 0.3) is 11.2 Å². The molecule has 0 saturated heterocycles. The van der Waals surface area contributed by atoms with Gasteiger partial charge in [-0.1, -0.05) is 37.1 Å². The molecule has 166 valence electrons. The van der Waals surface area contributed by atoms with Crippen molar-refractivity contribution >= 4 is 22.8 Å². The number of hydrogen-bond acceptors (Lipinski definition) is 5. The van der Waals surface area contributed by atoms with Crippen LogP contribution >= 0.6 is 11.6 Å². The molecule has 0 aliphatic rings. The molecule has 4 rings (SSSR count). The predicted molar refractivity (Wildman–Crippen MR) is 124 cm³/mol. The van der Waals surface area contributed by atoms with E-state index in [9.17, 15) is 9.59 Å². The van der Waals surface area contributed by atoms with Gasteiger partial charge >= 0.3 is 11.7 Å². The summed E-state index contributed by atoms with van der Waals surface area (Å²) >= 11 is 6.03. The molecule has 0 saturated carbocycles. The summed E-state index contributed by atoms with van der Waals surface area (Å²) in [7, 11) is 1.61. The number of nitrogens with zero attached hydrogens (tertiary/aromatic N) is 5. The molecule has 4 aromatic rings. The molecule has 0 bridgehead atoms. The molecule has 1 aromatic carbocycles. The van der Waals surface area contributed by atoms with Crippen LogP contribution in [0.5, 0.6) is 11.8 Å². The summed E-state index contributed by atoms with van der Waals surface area (Å²) in [4.78, 5) is 35.0. The summed E-state index contributed by atoms with van der Waals surface area (Å²) in [5.41, 5.74) is 1.58. The lowest BCUT2D eigenvalue weighted by Gasteiger charge is -2.11. The Bertz CT molecular complexity index is 1370. The predicted octanol–water partition coefficient (Wildman–Crippen LogP) is 3.89. The van der Waals surface area contributed by atoms with Crippen LogP contribution in [0, 0.1) is 6.92 Å². The monoisotopic (exact) mass is 453 g/mol. The van der Waals surface area contributed by atoms with E-state index in [1.165, 1.54) is 9.13 Å². The highest BCUT2D eigenvalue weighted by Gasteiger charge is 2.22. The Morgan fingerprint density at radius 3 is 2.47 bits per heavy atom. The topological polar surface area (TPSA) is 83.9 Å². The van der Waals surface area contributed by atoms with E-state index in [2.05, 4.69) is 9.97 Å². The van der Waals surface area contributed by atoms with Crippen molar-refractivity contribution in [2.75, 3.05) is 0 Å². The maximum atomic E-state index is 13.4. The summed E-state index contributed by atoms with van der Waals surface area (Å²) < 4.78 is 10.4. The molecular formula is C23H24ClN5O3. The lowest BCUT2D eigenvalue weighted by molar-refractivity contribution is 0.419. The van der Waals surface area contributed by atoms with Gasteiger partial charge in [0.05, 0.1) is 12.7 Å². The van der Waals surface area contributed by atoms with Crippen LogP contribution in [0.3, 0.4) is 0 Å². The van der Waals surface area contributed by atoms with Gasteiger partial charge in [0, 0.05) is 24.3 Å². The number of halogens is 1. The number of aromatic nitrogens is 5.